The highest BCUT2D eigenvalue weighted by atomic mass is 32.2. The number of benzene rings is 1. The summed E-state index contributed by atoms with van der Waals surface area (Å²) in [7, 11) is 0. The summed E-state index contributed by atoms with van der Waals surface area (Å²) in [5.41, 5.74) is 1.07. The number of hydrogen-bond acceptors (Lipinski definition) is 2. The highest BCUT2D eigenvalue weighted by Gasteiger charge is 1.89. The van der Waals surface area contributed by atoms with E-state index in [1.165, 1.54) is 0 Å². The van der Waals surface area contributed by atoms with Crippen molar-refractivity contribution in [2.24, 2.45) is 0 Å². The van der Waals surface area contributed by atoms with Crippen molar-refractivity contribution in [2.75, 3.05) is 5.75 Å². The maximum absolute atomic E-state index is 5.08. The summed E-state index contributed by atoms with van der Waals surface area (Å²) in [5, 5.41) is 0. The topological polar surface area (TPSA) is 0 Å². The summed E-state index contributed by atoms with van der Waals surface area (Å²) in [4.78, 5) is 0. The van der Waals surface area contributed by atoms with Crippen molar-refractivity contribution in [2.45, 2.75) is 13.3 Å². The van der Waals surface area contributed by atoms with Gasteiger partial charge in [-0.3, -0.25) is 0 Å². The lowest BCUT2D eigenvalue weighted by Gasteiger charge is -1.92. The lowest BCUT2D eigenvalue weighted by atomic mass is 10.2. The summed E-state index contributed by atoms with van der Waals surface area (Å²) < 4.78 is 1.03. The third-order valence-corrected chi connectivity index (χ3v) is 3.14. The predicted octanol–water partition coefficient (Wildman–Crippen LogP) is 3.51. The first kappa shape index (κ1) is 11.3. The molecule has 0 aromatic heterocycles. The average molecular weight is 220 g/mol. The average Bonchev–Trinajstić information content (AvgIpc) is 2.25. The predicted molar refractivity (Wildman–Crippen MR) is 68.7 cm³/mol. The molecule has 1 aromatic carbocycles. The zero-order valence-corrected chi connectivity index (χ0v) is 9.75. The molecule has 0 bridgehead atoms. The minimum absolute atomic E-state index is 0.793. The van der Waals surface area contributed by atoms with Crippen molar-refractivity contribution in [3.63, 3.8) is 0 Å². The maximum Gasteiger partial charge on any atom is 0.0603 e. The second-order valence-electron chi connectivity index (χ2n) is 2.68. The fraction of sp³-hybridized carbons (Fsp3) is 0.250. The molecule has 0 N–H and O–H groups in total. The molecular formula is C12H12S2. The molecule has 0 spiro atoms. The fourth-order valence-electron chi connectivity index (χ4n) is 0.878. The van der Waals surface area contributed by atoms with E-state index in [0.29, 0.717) is 0 Å². The number of rotatable bonds is 2. The van der Waals surface area contributed by atoms with Crippen LogP contribution in [0.2, 0.25) is 0 Å². The van der Waals surface area contributed by atoms with Gasteiger partial charge in [0.15, 0.2) is 0 Å². The van der Waals surface area contributed by atoms with Gasteiger partial charge in [-0.05, 0) is 18.6 Å². The first-order valence-electron chi connectivity index (χ1n) is 4.52. The zero-order valence-electron chi connectivity index (χ0n) is 8.12. The molecule has 72 valence electrons. The highest BCUT2D eigenvalue weighted by molar-refractivity contribution is 8.23. The highest BCUT2D eigenvalue weighted by Crippen LogP contribution is 2.06. The van der Waals surface area contributed by atoms with Crippen LogP contribution in [0.15, 0.2) is 30.3 Å². The molecule has 0 aliphatic carbocycles. The SMILES string of the molecule is CCC(=S)SCC#Cc1ccccc1. The van der Waals surface area contributed by atoms with E-state index in [9.17, 15) is 0 Å². The van der Waals surface area contributed by atoms with Gasteiger partial charge in [0.2, 0.25) is 0 Å². The largest absolute Gasteiger partial charge is 0.106 e. The molecule has 0 fully saturated rings. The summed E-state index contributed by atoms with van der Waals surface area (Å²) >= 11 is 6.73. The molecule has 0 nitrogen and oxygen atoms in total. The summed E-state index contributed by atoms with van der Waals surface area (Å²) in [6.07, 6.45) is 0.951. The van der Waals surface area contributed by atoms with Gasteiger partial charge in [-0.25, -0.2) is 0 Å². The monoisotopic (exact) mass is 220 g/mol. The Morgan fingerprint density at radius 2 is 2.07 bits per heavy atom. The van der Waals surface area contributed by atoms with Crippen molar-refractivity contribution in [3.05, 3.63) is 35.9 Å². The van der Waals surface area contributed by atoms with Gasteiger partial charge in [0.05, 0.1) is 5.75 Å². The van der Waals surface area contributed by atoms with Crippen LogP contribution in [0.4, 0.5) is 0 Å². The Kier molecular flexibility index (Phi) is 5.36. The van der Waals surface area contributed by atoms with Crippen LogP contribution in [0.1, 0.15) is 18.9 Å². The molecule has 2 heteroatoms. The minimum atomic E-state index is 0.793. The van der Waals surface area contributed by atoms with Crippen LogP contribution in [0.5, 0.6) is 0 Å². The standard InChI is InChI=1S/C12H12S2/c1-2-12(13)14-10-6-9-11-7-4-3-5-8-11/h3-5,7-8H,2,10H2,1H3. The van der Waals surface area contributed by atoms with E-state index in [0.717, 1.165) is 21.9 Å². The van der Waals surface area contributed by atoms with E-state index in [4.69, 9.17) is 12.2 Å². The second-order valence-corrected chi connectivity index (χ2v) is 4.50. The van der Waals surface area contributed by atoms with E-state index in [-0.39, 0.29) is 0 Å². The molecule has 0 amide bonds. The number of hydrogen-bond donors (Lipinski definition) is 0. The van der Waals surface area contributed by atoms with E-state index in [1.54, 1.807) is 11.8 Å². The Hall–Kier alpha value is -0.780. The van der Waals surface area contributed by atoms with Gasteiger partial charge in [0.25, 0.3) is 0 Å². The van der Waals surface area contributed by atoms with Crippen LogP contribution < -0.4 is 0 Å². The normalized spacial score (nSPS) is 8.93. The van der Waals surface area contributed by atoms with E-state index < -0.39 is 0 Å². The van der Waals surface area contributed by atoms with E-state index >= 15 is 0 Å². The Balaban J connectivity index is 2.38. The number of thiocarbonyl (C=S) groups is 1. The molecule has 14 heavy (non-hydrogen) atoms. The third-order valence-electron chi connectivity index (χ3n) is 1.60. The van der Waals surface area contributed by atoms with Crippen LogP contribution in [0.3, 0.4) is 0 Å². The molecule has 0 saturated carbocycles. The van der Waals surface area contributed by atoms with Gasteiger partial charge < -0.3 is 0 Å². The smallest absolute Gasteiger partial charge is 0.0603 e. The van der Waals surface area contributed by atoms with Crippen LogP contribution in [0, 0.1) is 11.8 Å². The summed E-state index contributed by atoms with van der Waals surface area (Å²) in [5.74, 6) is 6.98. The van der Waals surface area contributed by atoms with E-state index in [1.807, 2.05) is 30.3 Å². The van der Waals surface area contributed by atoms with E-state index in [2.05, 4.69) is 18.8 Å². The molecule has 0 saturated heterocycles. The van der Waals surface area contributed by atoms with Gasteiger partial charge in [-0.2, -0.15) is 0 Å². The van der Waals surface area contributed by atoms with Crippen molar-refractivity contribution in [1.29, 1.82) is 0 Å². The first-order chi connectivity index (χ1) is 6.83. The van der Waals surface area contributed by atoms with Gasteiger partial charge >= 0.3 is 0 Å². The quantitative estimate of drug-likeness (QED) is 0.552. The summed E-state index contributed by atoms with van der Waals surface area (Å²) in [6.45, 7) is 2.07. The van der Waals surface area contributed by atoms with Gasteiger partial charge in [-0.15, -0.1) is 11.8 Å². The Morgan fingerprint density at radius 1 is 1.36 bits per heavy atom. The molecule has 1 rings (SSSR count). The molecular weight excluding hydrogens is 208 g/mol. The molecule has 0 heterocycles. The lowest BCUT2D eigenvalue weighted by molar-refractivity contribution is 1.35. The third kappa shape index (κ3) is 4.45. The Morgan fingerprint density at radius 3 is 2.71 bits per heavy atom. The molecule has 0 aliphatic rings. The zero-order chi connectivity index (χ0) is 10.2. The molecule has 0 unspecified atom stereocenters. The van der Waals surface area contributed by atoms with Crippen LogP contribution in [-0.2, 0) is 0 Å². The van der Waals surface area contributed by atoms with Crippen molar-refractivity contribution in [3.8, 4) is 11.8 Å². The summed E-state index contributed by atoms with van der Waals surface area (Å²) in [6, 6.07) is 10.00. The van der Waals surface area contributed by atoms with Crippen LogP contribution >= 0.6 is 24.0 Å². The molecule has 0 atom stereocenters. The fourth-order valence-corrected chi connectivity index (χ4v) is 1.56. The second kappa shape index (κ2) is 6.64. The molecule has 1 aromatic rings. The Labute approximate surface area is 95.1 Å². The lowest BCUT2D eigenvalue weighted by Crippen LogP contribution is -1.84. The molecule has 0 aliphatic heterocycles. The first-order valence-corrected chi connectivity index (χ1v) is 5.92. The van der Waals surface area contributed by atoms with Crippen LogP contribution in [-0.4, -0.2) is 9.95 Å². The Bertz CT molecular complexity index is 344. The maximum atomic E-state index is 5.08. The number of thioether (sulfide) groups is 1. The molecule has 0 radical (unpaired) electrons. The van der Waals surface area contributed by atoms with Gasteiger partial charge in [0.1, 0.15) is 0 Å². The van der Waals surface area contributed by atoms with Crippen molar-refractivity contribution in [1.82, 2.24) is 0 Å². The van der Waals surface area contributed by atoms with Gasteiger partial charge in [0, 0.05) is 9.76 Å². The van der Waals surface area contributed by atoms with Gasteiger partial charge in [-0.1, -0.05) is 49.2 Å². The van der Waals surface area contributed by atoms with Crippen molar-refractivity contribution < 1.29 is 0 Å². The van der Waals surface area contributed by atoms with Crippen molar-refractivity contribution >= 4 is 28.2 Å². The minimum Gasteiger partial charge on any atom is -0.106 e. The van der Waals surface area contributed by atoms with Crippen LogP contribution in [0.25, 0.3) is 0 Å².